The minimum absolute atomic E-state index is 0.00970. The quantitative estimate of drug-likeness (QED) is 0.569. The van der Waals surface area contributed by atoms with Crippen molar-refractivity contribution in [2.24, 2.45) is 0 Å². The zero-order valence-electron chi connectivity index (χ0n) is 16.3. The average Bonchev–Trinajstić information content (AvgIpc) is 3.36. The SMILES string of the molecule is CS(=O)(=O)CCN1C=C=C(c2nc(C3(c4cccc(F)c4Cl)CC3)no2)C=C1C(F)F. The lowest BCUT2D eigenvalue weighted by Gasteiger charge is -2.24. The molecule has 1 aliphatic carbocycles. The van der Waals surface area contributed by atoms with Crippen LogP contribution >= 0.6 is 11.6 Å². The summed E-state index contributed by atoms with van der Waals surface area (Å²) >= 11 is 6.13. The third-order valence-electron chi connectivity index (χ3n) is 5.23. The Kier molecular flexibility index (Phi) is 5.49. The van der Waals surface area contributed by atoms with Gasteiger partial charge in [-0.2, -0.15) is 4.98 Å². The van der Waals surface area contributed by atoms with Crippen LogP contribution in [-0.4, -0.2) is 48.4 Å². The third-order valence-corrected chi connectivity index (χ3v) is 6.54. The Morgan fingerprint density at radius 3 is 2.74 bits per heavy atom. The summed E-state index contributed by atoms with van der Waals surface area (Å²) in [4.78, 5) is 5.46. The zero-order chi connectivity index (χ0) is 22.4. The van der Waals surface area contributed by atoms with Gasteiger partial charge in [-0.25, -0.2) is 21.6 Å². The van der Waals surface area contributed by atoms with E-state index in [0.717, 1.165) is 17.2 Å². The van der Waals surface area contributed by atoms with E-state index < -0.39 is 33.2 Å². The molecule has 4 rings (SSSR count). The summed E-state index contributed by atoms with van der Waals surface area (Å²) < 4.78 is 69.0. The summed E-state index contributed by atoms with van der Waals surface area (Å²) in [5, 5.41) is 3.97. The number of alkyl halides is 2. The molecule has 2 aromatic rings. The van der Waals surface area contributed by atoms with Crippen LogP contribution in [0.3, 0.4) is 0 Å². The smallest absolute Gasteiger partial charge is 0.278 e. The van der Waals surface area contributed by atoms with Crippen molar-refractivity contribution in [3.8, 4) is 0 Å². The van der Waals surface area contributed by atoms with Crippen LogP contribution in [0.5, 0.6) is 0 Å². The van der Waals surface area contributed by atoms with Gasteiger partial charge in [0.15, 0.2) is 5.82 Å². The number of hydrogen-bond acceptors (Lipinski definition) is 6. The standard InChI is InChI=1S/C20H17ClF3N3O3S/c1-31(28,29)10-9-27-8-5-12(11-15(27)17(23)24)18-25-19(26-30-18)20(6-7-20)13-3-2-4-14(22)16(13)21/h2-4,8,11,17H,6-7,9-10H2,1H3. The number of aromatic nitrogens is 2. The normalized spacial score (nSPS) is 17.7. The van der Waals surface area contributed by atoms with Crippen LogP contribution in [0, 0.1) is 5.82 Å². The number of hydrogen-bond donors (Lipinski definition) is 0. The molecule has 1 aromatic heterocycles. The monoisotopic (exact) mass is 471 g/mol. The Labute approximate surface area is 181 Å². The van der Waals surface area contributed by atoms with E-state index in [1.54, 1.807) is 12.1 Å². The van der Waals surface area contributed by atoms with Gasteiger partial charge in [-0.05, 0) is 30.5 Å². The number of rotatable bonds is 7. The first-order chi connectivity index (χ1) is 14.6. The summed E-state index contributed by atoms with van der Waals surface area (Å²) in [6.07, 6.45) is 1.84. The topological polar surface area (TPSA) is 76.3 Å². The van der Waals surface area contributed by atoms with Crippen LogP contribution in [-0.2, 0) is 15.3 Å². The molecular formula is C20H17ClF3N3O3S. The van der Waals surface area contributed by atoms with Crippen LogP contribution in [0.4, 0.5) is 13.2 Å². The lowest BCUT2D eigenvalue weighted by atomic mass is 9.95. The summed E-state index contributed by atoms with van der Waals surface area (Å²) in [6.45, 7) is -0.133. The molecule has 1 aliphatic heterocycles. The van der Waals surface area contributed by atoms with E-state index >= 15 is 0 Å². The van der Waals surface area contributed by atoms with Crippen LogP contribution in [0.1, 0.15) is 30.1 Å². The van der Waals surface area contributed by atoms with Crippen molar-refractivity contribution < 1.29 is 26.1 Å². The highest BCUT2D eigenvalue weighted by atomic mass is 35.5. The first-order valence-corrected chi connectivity index (χ1v) is 11.7. The summed E-state index contributed by atoms with van der Waals surface area (Å²) in [6, 6.07) is 4.50. The first-order valence-electron chi connectivity index (χ1n) is 9.31. The molecular weight excluding hydrogens is 455 g/mol. The van der Waals surface area contributed by atoms with E-state index in [9.17, 15) is 21.6 Å². The predicted molar refractivity (Wildman–Crippen MR) is 108 cm³/mol. The highest BCUT2D eigenvalue weighted by molar-refractivity contribution is 7.90. The molecule has 0 saturated heterocycles. The average molecular weight is 472 g/mol. The molecule has 0 bridgehead atoms. The van der Waals surface area contributed by atoms with Gasteiger partial charge in [0.2, 0.25) is 0 Å². The van der Waals surface area contributed by atoms with Gasteiger partial charge in [0, 0.05) is 19.0 Å². The molecule has 1 aromatic carbocycles. The molecule has 0 radical (unpaired) electrons. The van der Waals surface area contributed by atoms with E-state index in [-0.39, 0.29) is 34.6 Å². The summed E-state index contributed by atoms with van der Waals surface area (Å²) in [7, 11) is -3.32. The molecule has 0 unspecified atom stereocenters. The van der Waals surface area contributed by atoms with E-state index in [4.69, 9.17) is 16.1 Å². The van der Waals surface area contributed by atoms with Crippen molar-refractivity contribution in [2.75, 3.05) is 18.6 Å². The Morgan fingerprint density at radius 2 is 2.10 bits per heavy atom. The molecule has 31 heavy (non-hydrogen) atoms. The van der Waals surface area contributed by atoms with Crippen molar-refractivity contribution in [3.63, 3.8) is 0 Å². The molecule has 1 saturated carbocycles. The number of allylic oxidation sites excluding steroid dienone is 3. The second kappa shape index (κ2) is 7.85. The molecule has 1 fully saturated rings. The lowest BCUT2D eigenvalue weighted by molar-refractivity contribution is 0.156. The van der Waals surface area contributed by atoms with E-state index in [0.29, 0.717) is 18.4 Å². The maximum Gasteiger partial charge on any atom is 0.278 e. The molecule has 0 amide bonds. The number of nitrogens with zero attached hydrogens (tertiary/aromatic N) is 3. The summed E-state index contributed by atoms with van der Waals surface area (Å²) in [5.74, 6) is -0.570. The maximum atomic E-state index is 13.9. The predicted octanol–water partition coefficient (Wildman–Crippen LogP) is 3.95. The lowest BCUT2D eigenvalue weighted by Crippen LogP contribution is -2.28. The number of sulfone groups is 1. The van der Waals surface area contributed by atoms with Crippen LogP contribution in [0.25, 0.3) is 5.57 Å². The highest BCUT2D eigenvalue weighted by Gasteiger charge is 2.51. The Hall–Kier alpha value is -2.55. The molecule has 0 N–H and O–H groups in total. The minimum Gasteiger partial charge on any atom is -0.339 e. The second-order valence-electron chi connectivity index (χ2n) is 7.49. The molecule has 2 aliphatic rings. The highest BCUT2D eigenvalue weighted by Crippen LogP contribution is 2.54. The fourth-order valence-corrected chi connectivity index (χ4v) is 4.24. The third kappa shape index (κ3) is 4.28. The van der Waals surface area contributed by atoms with Gasteiger partial charge in [-0.3, -0.25) is 0 Å². The number of halogens is 4. The van der Waals surface area contributed by atoms with Gasteiger partial charge in [0.25, 0.3) is 12.3 Å². The van der Waals surface area contributed by atoms with Crippen LogP contribution in [0.15, 0.2) is 46.4 Å². The van der Waals surface area contributed by atoms with Crippen molar-refractivity contribution in [3.05, 3.63) is 70.0 Å². The Bertz CT molecular complexity index is 1230. The Balaban J connectivity index is 1.65. The van der Waals surface area contributed by atoms with Crippen molar-refractivity contribution in [1.29, 1.82) is 0 Å². The van der Waals surface area contributed by atoms with Gasteiger partial charge in [0.05, 0.1) is 27.5 Å². The van der Waals surface area contributed by atoms with Crippen molar-refractivity contribution in [2.45, 2.75) is 24.7 Å². The van der Waals surface area contributed by atoms with E-state index in [1.165, 1.54) is 12.3 Å². The summed E-state index contributed by atoms with van der Waals surface area (Å²) in [5.41, 5.74) is 2.39. The minimum atomic E-state index is -3.32. The van der Waals surface area contributed by atoms with Gasteiger partial charge in [-0.1, -0.05) is 34.6 Å². The van der Waals surface area contributed by atoms with Crippen LogP contribution < -0.4 is 0 Å². The van der Waals surface area contributed by atoms with Crippen molar-refractivity contribution in [1.82, 2.24) is 15.0 Å². The second-order valence-corrected chi connectivity index (χ2v) is 10.1. The largest absolute Gasteiger partial charge is 0.339 e. The van der Waals surface area contributed by atoms with Gasteiger partial charge in [0.1, 0.15) is 15.7 Å². The maximum absolute atomic E-state index is 13.9. The molecule has 0 spiro atoms. The van der Waals surface area contributed by atoms with Crippen molar-refractivity contribution >= 4 is 27.0 Å². The molecule has 2 heterocycles. The van der Waals surface area contributed by atoms with E-state index in [1.807, 2.05) is 0 Å². The fourth-order valence-electron chi connectivity index (χ4n) is 3.40. The van der Waals surface area contributed by atoms with E-state index in [2.05, 4.69) is 15.9 Å². The fraction of sp³-hybridized carbons (Fsp3) is 0.350. The van der Waals surface area contributed by atoms with Crippen LogP contribution in [0.2, 0.25) is 5.02 Å². The van der Waals surface area contributed by atoms with Gasteiger partial charge < -0.3 is 9.42 Å². The number of benzene rings is 1. The molecule has 164 valence electrons. The zero-order valence-corrected chi connectivity index (χ0v) is 17.9. The molecule has 11 heteroatoms. The van der Waals surface area contributed by atoms with Gasteiger partial charge >= 0.3 is 0 Å². The van der Waals surface area contributed by atoms with Gasteiger partial charge in [-0.15, -0.1) is 0 Å². The Morgan fingerprint density at radius 1 is 1.35 bits per heavy atom. The first kappa shape index (κ1) is 21.7. The molecule has 6 nitrogen and oxygen atoms in total. The molecule has 0 atom stereocenters.